The van der Waals surface area contributed by atoms with E-state index >= 15 is 0 Å². The highest BCUT2D eigenvalue weighted by Crippen LogP contribution is 2.43. The summed E-state index contributed by atoms with van der Waals surface area (Å²) in [7, 11) is 0. The largest absolute Gasteiger partial charge is 0.308 e. The van der Waals surface area contributed by atoms with Crippen LogP contribution in [0.2, 0.25) is 0 Å². The zero-order chi connectivity index (χ0) is 43.9. The van der Waals surface area contributed by atoms with Crippen molar-refractivity contribution in [2.24, 2.45) is 0 Å². The van der Waals surface area contributed by atoms with Gasteiger partial charge < -0.3 is 4.57 Å². The highest BCUT2D eigenvalue weighted by molar-refractivity contribution is 6.10. The summed E-state index contributed by atoms with van der Waals surface area (Å²) < 4.78 is 116. The Morgan fingerprint density at radius 2 is 0.898 bits per heavy atom. The van der Waals surface area contributed by atoms with Gasteiger partial charge in [0.2, 0.25) is 0 Å². The molecule has 0 bridgehead atoms. The number of rotatable bonds is 6. The molecule has 0 unspecified atom stereocenters. The first-order valence-electron chi connectivity index (χ1n) is 21.9. The van der Waals surface area contributed by atoms with Crippen molar-refractivity contribution in [2.75, 3.05) is 0 Å². The molecule has 4 heteroatoms. The smallest absolute Gasteiger partial charge is 0.166 e. The Bertz CT molecular complexity index is 3230. The van der Waals surface area contributed by atoms with Gasteiger partial charge in [-0.15, -0.1) is 0 Å². The molecule has 0 aliphatic heterocycles. The van der Waals surface area contributed by atoms with Gasteiger partial charge in [0.15, 0.2) is 17.5 Å². The molecular formula is C45H30N4. The number of nitrogens with zero attached hydrogens (tertiary/aromatic N) is 4. The summed E-state index contributed by atoms with van der Waals surface area (Å²) in [6, 6.07) is 23.7. The molecule has 0 fully saturated rings. The van der Waals surface area contributed by atoms with Crippen molar-refractivity contribution in [2.45, 2.75) is 0 Å². The molecule has 2 heterocycles. The van der Waals surface area contributed by atoms with Gasteiger partial charge in [-0.05, 0) is 40.4 Å². The summed E-state index contributed by atoms with van der Waals surface area (Å²) in [4.78, 5) is 14.6. The van der Waals surface area contributed by atoms with Crippen molar-refractivity contribution in [3.63, 3.8) is 0 Å². The van der Waals surface area contributed by atoms with Crippen LogP contribution in [0, 0.1) is 0 Å². The van der Waals surface area contributed by atoms with Gasteiger partial charge in [0, 0.05) is 21.9 Å². The summed E-state index contributed by atoms with van der Waals surface area (Å²) in [5.41, 5.74) is 3.07. The highest BCUT2D eigenvalue weighted by Gasteiger charge is 2.23. The summed E-state index contributed by atoms with van der Waals surface area (Å²) in [6.45, 7) is 0. The standard InChI is InChI=1S/C45H30N4/c1-4-17-31(18-5-1)34-23-10-11-24-35(34)38-27-16-30-41(49-39-28-14-12-25-36(39)37-26-13-15-29-40(37)49)42(38)45-47-43(32-19-6-2-7-20-32)46-44(48-45)33-21-8-3-9-22-33/h1-30H/i2D,6D,7D,12D,13D,14D,15D,19D,20D,25D,26D,28D,29D. The lowest BCUT2D eigenvalue weighted by atomic mass is 9.90. The zero-order valence-electron chi connectivity index (χ0n) is 38.6. The van der Waals surface area contributed by atoms with Crippen molar-refractivity contribution in [3.8, 4) is 62.1 Å². The predicted molar refractivity (Wildman–Crippen MR) is 201 cm³/mol. The maximum Gasteiger partial charge on any atom is 0.166 e. The fourth-order valence-electron chi connectivity index (χ4n) is 6.11. The molecule has 0 saturated carbocycles. The molecule has 9 rings (SSSR count). The summed E-state index contributed by atoms with van der Waals surface area (Å²) in [6.07, 6.45) is 0. The van der Waals surface area contributed by atoms with Crippen molar-refractivity contribution in [1.29, 1.82) is 0 Å². The fourth-order valence-corrected chi connectivity index (χ4v) is 6.11. The summed E-state index contributed by atoms with van der Waals surface area (Å²) >= 11 is 0. The van der Waals surface area contributed by atoms with Crippen molar-refractivity contribution >= 4 is 21.8 Å². The molecule has 230 valence electrons. The van der Waals surface area contributed by atoms with E-state index in [0.717, 1.165) is 11.1 Å². The van der Waals surface area contributed by atoms with Gasteiger partial charge in [-0.2, -0.15) is 0 Å². The van der Waals surface area contributed by atoms with Crippen LogP contribution >= 0.6 is 0 Å². The lowest BCUT2D eigenvalue weighted by molar-refractivity contribution is 1.06. The minimum Gasteiger partial charge on any atom is -0.308 e. The Hall–Kier alpha value is -6.65. The third kappa shape index (κ3) is 5.07. The lowest BCUT2D eigenvalue weighted by Crippen LogP contribution is -2.05. The Morgan fingerprint density at radius 3 is 1.57 bits per heavy atom. The van der Waals surface area contributed by atoms with E-state index in [4.69, 9.17) is 25.0 Å². The third-order valence-electron chi connectivity index (χ3n) is 8.23. The van der Waals surface area contributed by atoms with Gasteiger partial charge in [0.05, 0.1) is 40.1 Å². The molecule has 0 aliphatic rings. The van der Waals surface area contributed by atoms with Crippen molar-refractivity contribution in [3.05, 3.63) is 182 Å². The third-order valence-corrected chi connectivity index (χ3v) is 8.23. The molecule has 0 saturated heterocycles. The van der Waals surface area contributed by atoms with Crippen LogP contribution in [0.4, 0.5) is 0 Å². The average molecular weight is 640 g/mol. The quantitative estimate of drug-likeness (QED) is 0.182. The molecule has 0 aliphatic carbocycles. The predicted octanol–water partition coefficient (Wildman–Crippen LogP) is 11.3. The SMILES string of the molecule is [2H]c1c([2H])c([2H])c(-c2nc(-c3ccccc3)nc(-c3c(-c4ccccc4-c4ccccc4)cccc3-n3c4c([2H])c([2H])c([2H])c([2H])c4c4c([2H])c([2H])c([2H])c([2H])c43)n2)c([2H])c1[2H]. The van der Waals surface area contributed by atoms with E-state index in [2.05, 4.69) is 4.98 Å². The number of hydrogen-bond donors (Lipinski definition) is 0. The van der Waals surface area contributed by atoms with Crippen LogP contribution in [-0.2, 0) is 0 Å². The topological polar surface area (TPSA) is 43.6 Å². The first kappa shape index (κ1) is 18.0. The van der Waals surface area contributed by atoms with Crippen molar-refractivity contribution < 1.29 is 17.8 Å². The van der Waals surface area contributed by atoms with Gasteiger partial charge in [-0.25, -0.2) is 15.0 Å². The fraction of sp³-hybridized carbons (Fsp3) is 0. The maximum atomic E-state index is 9.27. The summed E-state index contributed by atoms with van der Waals surface area (Å²) in [5.74, 6) is -0.264. The molecule has 49 heavy (non-hydrogen) atoms. The van der Waals surface area contributed by atoms with Gasteiger partial charge in [0.25, 0.3) is 0 Å². The van der Waals surface area contributed by atoms with E-state index in [1.165, 1.54) is 4.57 Å². The van der Waals surface area contributed by atoms with E-state index in [9.17, 15) is 2.74 Å². The van der Waals surface area contributed by atoms with Gasteiger partial charge in [-0.1, -0.05) is 164 Å². The molecule has 0 radical (unpaired) electrons. The molecular weight excluding hydrogens is 597 g/mol. The molecule has 4 nitrogen and oxygen atoms in total. The Kier molecular flexibility index (Phi) is 4.48. The van der Waals surface area contributed by atoms with Crippen LogP contribution in [0.3, 0.4) is 0 Å². The van der Waals surface area contributed by atoms with Crippen LogP contribution in [0.5, 0.6) is 0 Å². The first-order valence-corrected chi connectivity index (χ1v) is 15.4. The molecule has 0 spiro atoms. The molecule has 0 amide bonds. The number of hydrogen-bond acceptors (Lipinski definition) is 3. The second kappa shape index (κ2) is 12.2. The number of benzene rings is 7. The number of para-hydroxylation sites is 2. The van der Waals surface area contributed by atoms with Crippen molar-refractivity contribution in [1.82, 2.24) is 19.5 Å². The molecule has 2 aromatic heterocycles. The van der Waals surface area contributed by atoms with E-state index in [1.807, 2.05) is 54.6 Å². The van der Waals surface area contributed by atoms with E-state index < -0.39 is 78.6 Å². The van der Waals surface area contributed by atoms with Crippen LogP contribution < -0.4 is 0 Å². The van der Waals surface area contributed by atoms with E-state index in [1.54, 1.807) is 48.5 Å². The van der Waals surface area contributed by atoms with Gasteiger partial charge >= 0.3 is 0 Å². The van der Waals surface area contributed by atoms with Gasteiger partial charge in [0.1, 0.15) is 0 Å². The van der Waals surface area contributed by atoms with Crippen LogP contribution in [0.25, 0.3) is 83.9 Å². The zero-order valence-corrected chi connectivity index (χ0v) is 25.6. The lowest BCUT2D eigenvalue weighted by Gasteiger charge is -2.20. The van der Waals surface area contributed by atoms with Crippen LogP contribution in [-0.4, -0.2) is 19.5 Å². The average Bonchev–Trinajstić information content (AvgIpc) is 3.67. The Labute approximate surface area is 302 Å². The molecule has 0 atom stereocenters. The molecule has 0 N–H and O–H groups in total. The minimum atomic E-state index is -0.605. The maximum absolute atomic E-state index is 9.27. The first-order chi connectivity index (χ1) is 29.7. The Morgan fingerprint density at radius 1 is 0.388 bits per heavy atom. The highest BCUT2D eigenvalue weighted by atomic mass is 15.1. The monoisotopic (exact) mass is 639 g/mol. The molecule has 9 aromatic rings. The molecule has 7 aromatic carbocycles. The normalized spacial score (nSPS) is 15.0. The van der Waals surface area contributed by atoms with Crippen LogP contribution in [0.15, 0.2) is 182 Å². The summed E-state index contributed by atoms with van der Waals surface area (Å²) in [5, 5.41) is -0.251. The van der Waals surface area contributed by atoms with E-state index in [0.29, 0.717) is 16.7 Å². The van der Waals surface area contributed by atoms with Crippen LogP contribution in [0.1, 0.15) is 17.8 Å². The second-order valence-corrected chi connectivity index (χ2v) is 11.1. The minimum absolute atomic E-state index is 0.0700. The Balaban J connectivity index is 1.52. The van der Waals surface area contributed by atoms with Gasteiger partial charge in [-0.3, -0.25) is 0 Å². The number of fused-ring (bicyclic) bond motifs is 3. The van der Waals surface area contributed by atoms with E-state index in [-0.39, 0.29) is 56.1 Å². The second-order valence-electron chi connectivity index (χ2n) is 11.1. The number of aromatic nitrogens is 4.